The number of halogens is 1. The first-order chi connectivity index (χ1) is 8.22. The average Bonchev–Trinajstić information content (AvgIpc) is 2.35. The minimum Gasteiger partial charge on any atom is -0.373 e. The van der Waals surface area contributed by atoms with Crippen molar-refractivity contribution in [1.82, 2.24) is 14.5 Å². The minimum absolute atomic E-state index is 0.0356. The van der Waals surface area contributed by atoms with E-state index in [2.05, 4.69) is 15.3 Å². The zero-order valence-corrected chi connectivity index (χ0v) is 11.4. The Morgan fingerprint density at radius 3 is 3.12 bits per heavy atom. The summed E-state index contributed by atoms with van der Waals surface area (Å²) in [4.78, 5) is 20.1. The van der Waals surface area contributed by atoms with Gasteiger partial charge >= 0.3 is 0 Å². The molecule has 0 saturated carbocycles. The number of nitrogens with one attached hydrogen (secondary N) is 1. The summed E-state index contributed by atoms with van der Waals surface area (Å²) >= 11 is 1.98. The van der Waals surface area contributed by atoms with Gasteiger partial charge in [-0.05, 0) is 28.7 Å². The first-order valence-electron chi connectivity index (χ1n) is 5.04. The lowest BCUT2D eigenvalue weighted by Crippen LogP contribution is -2.23. The first kappa shape index (κ1) is 12.0. The molecule has 2 rings (SSSR count). The number of rotatable bonds is 3. The lowest BCUT2D eigenvalue weighted by atomic mass is 10.2. The van der Waals surface area contributed by atoms with Crippen molar-refractivity contribution in [3.05, 3.63) is 50.3 Å². The third-order valence-electron chi connectivity index (χ3n) is 2.33. The Labute approximate surface area is 112 Å². The third-order valence-corrected chi connectivity index (χ3v) is 3.07. The predicted molar refractivity (Wildman–Crippen MR) is 74.1 cm³/mol. The molecule has 0 aliphatic rings. The maximum atomic E-state index is 11.8. The van der Waals surface area contributed by atoms with Gasteiger partial charge in [0.05, 0.1) is 16.4 Å². The van der Waals surface area contributed by atoms with E-state index < -0.39 is 0 Å². The molecule has 0 unspecified atom stereocenters. The van der Waals surface area contributed by atoms with Gasteiger partial charge in [-0.15, -0.1) is 0 Å². The number of nitrogens with zero attached hydrogens (tertiary/aromatic N) is 3. The highest BCUT2D eigenvalue weighted by atomic mass is 127. The van der Waals surface area contributed by atoms with Crippen LogP contribution in [0.25, 0.3) is 0 Å². The number of hydrogen-bond donors (Lipinski definition) is 1. The number of anilines is 1. The van der Waals surface area contributed by atoms with E-state index >= 15 is 0 Å². The number of hydrogen-bond acceptors (Lipinski definition) is 4. The van der Waals surface area contributed by atoms with Crippen LogP contribution in [-0.2, 0) is 6.54 Å². The summed E-state index contributed by atoms with van der Waals surface area (Å²) in [5.41, 5.74) is 0.924. The summed E-state index contributed by atoms with van der Waals surface area (Å²) in [5.74, 6) is 0.776. The van der Waals surface area contributed by atoms with Crippen LogP contribution in [0.3, 0.4) is 0 Å². The molecule has 0 saturated heterocycles. The van der Waals surface area contributed by atoms with Crippen molar-refractivity contribution in [1.29, 1.82) is 0 Å². The molecule has 1 N–H and O–H groups in total. The molecule has 0 aliphatic heterocycles. The summed E-state index contributed by atoms with van der Waals surface area (Å²) in [7, 11) is 1.81. The van der Waals surface area contributed by atoms with Gasteiger partial charge < -0.3 is 5.32 Å². The van der Waals surface area contributed by atoms with Gasteiger partial charge in [0, 0.05) is 25.0 Å². The van der Waals surface area contributed by atoms with Crippen LogP contribution >= 0.6 is 22.6 Å². The summed E-state index contributed by atoms with van der Waals surface area (Å²) in [6.45, 7) is 0.465. The van der Waals surface area contributed by atoms with Crippen molar-refractivity contribution in [3.63, 3.8) is 0 Å². The molecule has 2 heterocycles. The van der Waals surface area contributed by atoms with Gasteiger partial charge in [0.1, 0.15) is 5.82 Å². The van der Waals surface area contributed by atoms with Gasteiger partial charge in [-0.3, -0.25) is 9.36 Å². The van der Waals surface area contributed by atoms with Crippen LogP contribution in [0.1, 0.15) is 5.56 Å². The second-order valence-corrected chi connectivity index (χ2v) is 4.60. The van der Waals surface area contributed by atoms with Gasteiger partial charge in [0.15, 0.2) is 0 Å². The fourth-order valence-corrected chi connectivity index (χ4v) is 1.98. The van der Waals surface area contributed by atoms with E-state index in [0.717, 1.165) is 11.4 Å². The molecule has 6 heteroatoms. The van der Waals surface area contributed by atoms with E-state index in [9.17, 15) is 4.79 Å². The van der Waals surface area contributed by atoms with Gasteiger partial charge in [-0.1, -0.05) is 6.07 Å². The molecule has 5 nitrogen and oxygen atoms in total. The zero-order chi connectivity index (χ0) is 12.3. The fraction of sp³-hybridized carbons (Fsp3) is 0.182. The molecular weight excluding hydrogens is 331 g/mol. The highest BCUT2D eigenvalue weighted by Gasteiger charge is 2.05. The van der Waals surface area contributed by atoms with E-state index in [1.807, 2.05) is 41.8 Å². The SMILES string of the molecule is CNc1ncccc1Cn1cncc(I)c1=O. The Bertz CT molecular complexity index is 582. The summed E-state index contributed by atoms with van der Waals surface area (Å²) in [5, 5.41) is 3.00. The Morgan fingerprint density at radius 2 is 2.35 bits per heavy atom. The average molecular weight is 342 g/mol. The molecule has 0 radical (unpaired) electrons. The highest BCUT2D eigenvalue weighted by molar-refractivity contribution is 14.1. The van der Waals surface area contributed by atoms with Crippen LogP contribution in [0.2, 0.25) is 0 Å². The van der Waals surface area contributed by atoms with E-state index in [1.54, 1.807) is 17.0 Å². The summed E-state index contributed by atoms with van der Waals surface area (Å²) < 4.78 is 2.18. The Balaban J connectivity index is 2.38. The summed E-state index contributed by atoms with van der Waals surface area (Å²) in [6, 6.07) is 3.79. The molecule has 88 valence electrons. The van der Waals surface area contributed by atoms with Crippen LogP contribution in [0.5, 0.6) is 0 Å². The monoisotopic (exact) mass is 342 g/mol. The quantitative estimate of drug-likeness (QED) is 0.856. The predicted octanol–water partition coefficient (Wildman–Crippen LogP) is 1.33. The van der Waals surface area contributed by atoms with Crippen molar-refractivity contribution in [2.45, 2.75) is 6.54 Å². The largest absolute Gasteiger partial charge is 0.373 e. The molecule has 0 aromatic carbocycles. The third kappa shape index (κ3) is 2.63. The smallest absolute Gasteiger partial charge is 0.267 e. The molecule has 0 amide bonds. The van der Waals surface area contributed by atoms with Crippen molar-refractivity contribution >= 4 is 28.4 Å². The standard InChI is InChI=1S/C11H11IN4O/c1-13-10-8(3-2-4-15-10)6-16-7-14-5-9(12)11(16)17/h2-5,7H,6H2,1H3,(H,13,15). The van der Waals surface area contributed by atoms with E-state index in [0.29, 0.717) is 10.1 Å². The van der Waals surface area contributed by atoms with Crippen molar-refractivity contribution in [3.8, 4) is 0 Å². The van der Waals surface area contributed by atoms with Crippen LogP contribution in [0.4, 0.5) is 5.82 Å². The van der Waals surface area contributed by atoms with Crippen LogP contribution in [0, 0.1) is 3.57 Å². The topological polar surface area (TPSA) is 59.8 Å². The van der Waals surface area contributed by atoms with Crippen molar-refractivity contribution in [2.75, 3.05) is 12.4 Å². The second-order valence-electron chi connectivity index (χ2n) is 3.44. The Kier molecular flexibility index (Phi) is 3.72. The van der Waals surface area contributed by atoms with Crippen LogP contribution in [-0.4, -0.2) is 21.6 Å². The lowest BCUT2D eigenvalue weighted by molar-refractivity contribution is 0.729. The zero-order valence-electron chi connectivity index (χ0n) is 9.22. The molecule has 2 aromatic heterocycles. The number of aromatic nitrogens is 3. The van der Waals surface area contributed by atoms with Gasteiger partial charge in [-0.2, -0.15) is 0 Å². The molecule has 0 bridgehead atoms. The maximum absolute atomic E-state index is 11.8. The highest BCUT2D eigenvalue weighted by Crippen LogP contribution is 2.11. The van der Waals surface area contributed by atoms with Gasteiger partial charge in [-0.25, -0.2) is 9.97 Å². The molecule has 0 atom stereocenters. The fourth-order valence-electron chi connectivity index (χ4n) is 1.51. The molecule has 0 fully saturated rings. The van der Waals surface area contributed by atoms with Crippen LogP contribution in [0.15, 0.2) is 35.6 Å². The lowest BCUT2D eigenvalue weighted by Gasteiger charge is -2.09. The Hall–Kier alpha value is -1.44. The second kappa shape index (κ2) is 5.26. The summed E-state index contributed by atoms with van der Waals surface area (Å²) in [6.07, 6.45) is 4.81. The van der Waals surface area contributed by atoms with E-state index in [4.69, 9.17) is 0 Å². The van der Waals surface area contributed by atoms with Gasteiger partial charge in [0.25, 0.3) is 5.56 Å². The minimum atomic E-state index is -0.0356. The van der Waals surface area contributed by atoms with Crippen molar-refractivity contribution < 1.29 is 0 Å². The maximum Gasteiger partial charge on any atom is 0.267 e. The normalized spacial score (nSPS) is 10.2. The van der Waals surface area contributed by atoms with Crippen LogP contribution < -0.4 is 10.9 Å². The molecule has 17 heavy (non-hydrogen) atoms. The van der Waals surface area contributed by atoms with E-state index in [-0.39, 0.29) is 5.56 Å². The Morgan fingerprint density at radius 1 is 1.53 bits per heavy atom. The van der Waals surface area contributed by atoms with Crippen molar-refractivity contribution in [2.24, 2.45) is 0 Å². The first-order valence-corrected chi connectivity index (χ1v) is 6.12. The molecule has 2 aromatic rings. The number of pyridine rings is 1. The molecule has 0 spiro atoms. The van der Waals surface area contributed by atoms with E-state index in [1.165, 1.54) is 6.33 Å². The molecule has 0 aliphatic carbocycles. The van der Waals surface area contributed by atoms with Gasteiger partial charge in [0.2, 0.25) is 0 Å². The molecular formula is C11H11IN4O.